The van der Waals surface area contributed by atoms with Crippen LogP contribution in [0.4, 0.5) is 0 Å². The van der Waals surface area contributed by atoms with E-state index in [1.165, 1.54) is 0 Å². The van der Waals surface area contributed by atoms with Crippen LogP contribution < -0.4 is 0 Å². The highest BCUT2D eigenvalue weighted by Gasteiger charge is 2.12. The standard InChI is InChI=1S/C19H13BrO3/c20-15-8-6-14(7-9-15)18-11-10-16(23-18)12-17(19(21)22)13-4-2-1-3-5-13/h1-12H,(H,21,22). The molecule has 114 valence electrons. The minimum Gasteiger partial charge on any atom is -0.478 e. The predicted octanol–water partition coefficient (Wildman–Crippen LogP) is 5.33. The molecule has 0 saturated carbocycles. The molecule has 0 bridgehead atoms. The zero-order valence-electron chi connectivity index (χ0n) is 12.1. The first kappa shape index (κ1) is 15.3. The molecule has 3 aromatic rings. The molecule has 1 N–H and O–H groups in total. The largest absolute Gasteiger partial charge is 0.478 e. The van der Waals surface area contributed by atoms with E-state index in [-0.39, 0.29) is 5.57 Å². The highest BCUT2D eigenvalue weighted by molar-refractivity contribution is 9.10. The van der Waals surface area contributed by atoms with Crippen LogP contribution in [0.1, 0.15) is 11.3 Å². The minimum absolute atomic E-state index is 0.197. The number of furan rings is 1. The van der Waals surface area contributed by atoms with Gasteiger partial charge in [-0.25, -0.2) is 4.79 Å². The van der Waals surface area contributed by atoms with Gasteiger partial charge in [-0.3, -0.25) is 0 Å². The summed E-state index contributed by atoms with van der Waals surface area (Å²) in [6.45, 7) is 0. The number of hydrogen-bond acceptors (Lipinski definition) is 2. The van der Waals surface area contributed by atoms with E-state index in [0.717, 1.165) is 10.0 Å². The van der Waals surface area contributed by atoms with Crippen LogP contribution in [0.15, 0.2) is 75.6 Å². The first-order valence-corrected chi connectivity index (χ1v) is 7.79. The predicted molar refractivity (Wildman–Crippen MR) is 93.8 cm³/mol. The zero-order chi connectivity index (χ0) is 16.2. The first-order valence-electron chi connectivity index (χ1n) is 7.00. The minimum atomic E-state index is -0.988. The Hall–Kier alpha value is -2.59. The van der Waals surface area contributed by atoms with Gasteiger partial charge in [0.25, 0.3) is 0 Å². The summed E-state index contributed by atoms with van der Waals surface area (Å²) in [6.07, 6.45) is 1.54. The molecule has 0 spiro atoms. The molecule has 23 heavy (non-hydrogen) atoms. The van der Waals surface area contributed by atoms with Gasteiger partial charge in [0.15, 0.2) is 0 Å². The van der Waals surface area contributed by atoms with E-state index >= 15 is 0 Å². The Kier molecular flexibility index (Phi) is 4.44. The fourth-order valence-corrected chi connectivity index (χ4v) is 2.49. The van der Waals surface area contributed by atoms with Crippen LogP contribution >= 0.6 is 15.9 Å². The van der Waals surface area contributed by atoms with Crippen molar-refractivity contribution in [2.75, 3.05) is 0 Å². The van der Waals surface area contributed by atoms with E-state index in [9.17, 15) is 9.90 Å². The molecule has 0 unspecified atom stereocenters. The van der Waals surface area contributed by atoms with Crippen molar-refractivity contribution in [3.05, 3.63) is 82.5 Å². The zero-order valence-corrected chi connectivity index (χ0v) is 13.7. The number of rotatable bonds is 4. The van der Waals surface area contributed by atoms with Crippen molar-refractivity contribution >= 4 is 33.5 Å². The molecule has 0 aliphatic rings. The maximum absolute atomic E-state index is 11.5. The van der Waals surface area contributed by atoms with Crippen molar-refractivity contribution in [1.82, 2.24) is 0 Å². The van der Waals surface area contributed by atoms with Crippen molar-refractivity contribution in [1.29, 1.82) is 0 Å². The molecule has 0 amide bonds. The maximum atomic E-state index is 11.5. The fraction of sp³-hybridized carbons (Fsp3) is 0. The number of hydrogen-bond donors (Lipinski definition) is 1. The molecule has 0 fully saturated rings. The molecule has 2 aromatic carbocycles. The van der Waals surface area contributed by atoms with Gasteiger partial charge in [-0.05, 0) is 35.9 Å². The molecular formula is C19H13BrO3. The molecule has 1 aromatic heterocycles. The van der Waals surface area contributed by atoms with Crippen molar-refractivity contribution in [3.8, 4) is 11.3 Å². The van der Waals surface area contributed by atoms with Crippen LogP contribution in [0.25, 0.3) is 23.0 Å². The van der Waals surface area contributed by atoms with Crippen LogP contribution in [-0.4, -0.2) is 11.1 Å². The molecule has 0 aliphatic heterocycles. The van der Waals surface area contributed by atoms with Crippen molar-refractivity contribution in [2.45, 2.75) is 0 Å². The second-order valence-electron chi connectivity index (χ2n) is 4.94. The second-order valence-corrected chi connectivity index (χ2v) is 5.85. The summed E-state index contributed by atoms with van der Waals surface area (Å²) in [5.74, 6) is 0.212. The van der Waals surface area contributed by atoms with Gasteiger partial charge < -0.3 is 9.52 Å². The summed E-state index contributed by atoms with van der Waals surface area (Å²) in [6, 6.07) is 20.3. The topological polar surface area (TPSA) is 50.4 Å². The van der Waals surface area contributed by atoms with Gasteiger partial charge in [-0.2, -0.15) is 0 Å². The molecule has 0 aliphatic carbocycles. The Balaban J connectivity index is 1.95. The Bertz CT molecular complexity index is 846. The van der Waals surface area contributed by atoms with Gasteiger partial charge >= 0.3 is 5.97 Å². The Morgan fingerprint density at radius 1 is 0.957 bits per heavy atom. The number of carboxylic acid groups (broad SMARTS) is 1. The molecular weight excluding hydrogens is 356 g/mol. The van der Waals surface area contributed by atoms with E-state index in [4.69, 9.17) is 4.42 Å². The van der Waals surface area contributed by atoms with E-state index in [1.54, 1.807) is 24.3 Å². The lowest BCUT2D eigenvalue weighted by Crippen LogP contribution is -1.99. The van der Waals surface area contributed by atoms with Crippen LogP contribution in [0.2, 0.25) is 0 Å². The second kappa shape index (κ2) is 6.67. The third kappa shape index (κ3) is 3.60. The van der Waals surface area contributed by atoms with Gasteiger partial charge in [0.05, 0.1) is 5.57 Å². The van der Waals surface area contributed by atoms with Crippen LogP contribution in [0, 0.1) is 0 Å². The summed E-state index contributed by atoms with van der Waals surface area (Å²) < 4.78 is 6.75. The van der Waals surface area contributed by atoms with E-state index < -0.39 is 5.97 Å². The van der Waals surface area contributed by atoms with Crippen LogP contribution in [-0.2, 0) is 4.79 Å². The lowest BCUT2D eigenvalue weighted by Gasteiger charge is -2.01. The Labute approximate surface area is 142 Å². The van der Waals surface area contributed by atoms with E-state index in [1.807, 2.05) is 48.5 Å². The molecule has 0 radical (unpaired) electrons. The number of halogens is 1. The summed E-state index contributed by atoms with van der Waals surface area (Å²) in [7, 11) is 0. The summed E-state index contributed by atoms with van der Waals surface area (Å²) in [4.78, 5) is 11.5. The Morgan fingerprint density at radius 3 is 2.30 bits per heavy atom. The molecule has 0 atom stereocenters. The van der Waals surface area contributed by atoms with E-state index in [0.29, 0.717) is 17.1 Å². The molecule has 1 heterocycles. The van der Waals surface area contributed by atoms with Gasteiger partial charge in [0.1, 0.15) is 11.5 Å². The lowest BCUT2D eigenvalue weighted by atomic mass is 10.1. The molecule has 3 rings (SSSR count). The number of carbonyl (C=O) groups is 1. The fourth-order valence-electron chi connectivity index (χ4n) is 2.23. The van der Waals surface area contributed by atoms with Gasteiger partial charge in [0.2, 0.25) is 0 Å². The highest BCUT2D eigenvalue weighted by atomic mass is 79.9. The quantitative estimate of drug-likeness (QED) is 0.632. The average Bonchev–Trinajstić information content (AvgIpc) is 3.02. The number of carboxylic acids is 1. The van der Waals surface area contributed by atoms with Crippen molar-refractivity contribution in [3.63, 3.8) is 0 Å². The maximum Gasteiger partial charge on any atom is 0.336 e. The summed E-state index contributed by atoms with van der Waals surface area (Å²) in [5.41, 5.74) is 1.77. The average molecular weight is 369 g/mol. The van der Waals surface area contributed by atoms with Gasteiger partial charge in [-0.1, -0.05) is 58.4 Å². The molecule has 3 nitrogen and oxygen atoms in total. The van der Waals surface area contributed by atoms with E-state index in [2.05, 4.69) is 15.9 Å². The third-order valence-electron chi connectivity index (χ3n) is 3.36. The monoisotopic (exact) mass is 368 g/mol. The summed E-state index contributed by atoms with van der Waals surface area (Å²) in [5, 5.41) is 9.43. The molecule has 4 heteroatoms. The Morgan fingerprint density at radius 2 is 1.65 bits per heavy atom. The van der Waals surface area contributed by atoms with Crippen molar-refractivity contribution < 1.29 is 14.3 Å². The number of aliphatic carboxylic acids is 1. The highest BCUT2D eigenvalue weighted by Crippen LogP contribution is 2.26. The lowest BCUT2D eigenvalue weighted by molar-refractivity contribution is -0.130. The SMILES string of the molecule is O=C(O)C(=Cc1ccc(-c2ccc(Br)cc2)o1)c1ccccc1. The number of benzene rings is 2. The third-order valence-corrected chi connectivity index (χ3v) is 3.89. The summed E-state index contributed by atoms with van der Waals surface area (Å²) >= 11 is 3.39. The van der Waals surface area contributed by atoms with Crippen LogP contribution in [0.3, 0.4) is 0 Å². The first-order chi connectivity index (χ1) is 11.1. The normalized spacial score (nSPS) is 11.4. The van der Waals surface area contributed by atoms with Gasteiger partial charge in [-0.15, -0.1) is 0 Å². The smallest absolute Gasteiger partial charge is 0.336 e. The van der Waals surface area contributed by atoms with Gasteiger partial charge in [0, 0.05) is 10.0 Å². The van der Waals surface area contributed by atoms with Crippen molar-refractivity contribution in [2.24, 2.45) is 0 Å². The van der Waals surface area contributed by atoms with Crippen LogP contribution in [0.5, 0.6) is 0 Å². The molecule has 0 saturated heterocycles.